The van der Waals surface area contributed by atoms with Gasteiger partial charge in [0.15, 0.2) is 0 Å². The number of carbonyl (C=O) groups excluding carboxylic acids is 2. The molecule has 2 N–H and O–H groups in total. The van der Waals surface area contributed by atoms with E-state index in [0.717, 1.165) is 12.8 Å². The molecule has 0 rings (SSSR count). The van der Waals surface area contributed by atoms with Gasteiger partial charge in [0.25, 0.3) is 0 Å². The zero-order valence-electron chi connectivity index (χ0n) is 22.8. The molecule has 0 unspecified atom stereocenters. The Balaban J connectivity index is -0.000000177. The molecule has 200 valence electrons. The Morgan fingerprint density at radius 1 is 0.500 bits per heavy atom. The van der Waals surface area contributed by atoms with E-state index < -0.39 is 11.9 Å². The molecule has 8 heteroatoms. The molecular formula is C26H52O6Sn2. The molecule has 0 amide bonds. The van der Waals surface area contributed by atoms with Crippen LogP contribution in [0, 0.1) is 0 Å². The van der Waals surface area contributed by atoms with Gasteiger partial charge in [0.2, 0.25) is 0 Å². The number of Topliss-reactive ketones (excluding diaryl/α,β-unsaturated/α-hetero) is 2. The van der Waals surface area contributed by atoms with E-state index >= 15 is 0 Å². The van der Waals surface area contributed by atoms with Crippen molar-refractivity contribution >= 4 is 65.8 Å². The molecule has 34 heavy (non-hydrogen) atoms. The van der Waals surface area contributed by atoms with E-state index in [9.17, 15) is 19.2 Å². The first-order valence-corrected chi connectivity index (χ1v) is 21.1. The first kappa shape index (κ1) is 41.0. The van der Waals surface area contributed by atoms with Crippen molar-refractivity contribution in [3.8, 4) is 0 Å². The van der Waals surface area contributed by atoms with Gasteiger partial charge in [0, 0.05) is 12.8 Å². The van der Waals surface area contributed by atoms with Crippen molar-refractivity contribution in [2.24, 2.45) is 0 Å². The van der Waals surface area contributed by atoms with Crippen LogP contribution in [-0.2, 0) is 19.2 Å². The average molecular weight is 698 g/mol. The van der Waals surface area contributed by atoms with Gasteiger partial charge in [0.1, 0.15) is 24.4 Å². The van der Waals surface area contributed by atoms with Crippen molar-refractivity contribution in [1.82, 2.24) is 0 Å². The molecule has 0 heterocycles. The second kappa shape index (κ2) is 37.4. The topological polar surface area (TPSA) is 109 Å². The van der Waals surface area contributed by atoms with Gasteiger partial charge >= 0.3 is 138 Å². The molecule has 0 saturated heterocycles. The molecule has 0 aliphatic carbocycles. The van der Waals surface area contributed by atoms with E-state index in [0.29, 0.717) is 12.8 Å². The van der Waals surface area contributed by atoms with Crippen molar-refractivity contribution < 1.29 is 29.4 Å². The molecule has 0 fully saturated rings. The van der Waals surface area contributed by atoms with E-state index in [4.69, 9.17) is 10.2 Å². The zero-order valence-corrected chi connectivity index (χ0v) is 28.5. The number of unbranched alkanes of at least 4 members (excludes halogenated alkanes) is 2. The van der Waals surface area contributed by atoms with Crippen LogP contribution in [0.3, 0.4) is 0 Å². The van der Waals surface area contributed by atoms with Gasteiger partial charge in [-0.05, 0) is 12.8 Å². The summed E-state index contributed by atoms with van der Waals surface area (Å²) in [7, 11) is 0. The van der Waals surface area contributed by atoms with Crippen LogP contribution < -0.4 is 0 Å². The summed E-state index contributed by atoms with van der Waals surface area (Å²) in [5.74, 6) is -2.45. The fourth-order valence-electron chi connectivity index (χ4n) is 2.28. The van der Waals surface area contributed by atoms with Gasteiger partial charge in [-0.1, -0.05) is 13.8 Å². The number of ketones is 2. The standard InChI is InChI=1S/2C6H10O3.2C4H9.2C3H7.2Sn/c2*1-2-3-5(7)4-6(8)9;2*1-3-4-2;2*1-3-2;;/h2*2-4H2,1H3,(H,8,9);2*1,3-4H2,2H3;2*1,3H2,2H3;;. The number of hydrogen-bond acceptors (Lipinski definition) is 4. The maximum absolute atomic E-state index is 10.5. The van der Waals surface area contributed by atoms with Gasteiger partial charge in [-0.2, -0.15) is 0 Å². The number of carboxylic acid groups (broad SMARTS) is 2. The number of aliphatic carboxylic acids is 2. The van der Waals surface area contributed by atoms with Crippen LogP contribution in [-0.4, -0.2) is 76.0 Å². The quantitative estimate of drug-likeness (QED) is 0.0896. The Bertz CT molecular complexity index is 430. The third-order valence-corrected chi connectivity index (χ3v) is 12.9. The molecule has 0 aliphatic heterocycles. The molecule has 0 bridgehead atoms. The number of hydrogen-bond donors (Lipinski definition) is 2. The maximum atomic E-state index is 10.5. The fourth-order valence-corrected chi connectivity index (χ4v) is 9.17. The third kappa shape index (κ3) is 53.3. The normalized spacial score (nSPS) is 9.35. The van der Waals surface area contributed by atoms with Crippen LogP contribution >= 0.6 is 0 Å². The summed E-state index contributed by atoms with van der Waals surface area (Å²) >= 11 is 0.331. The van der Waals surface area contributed by atoms with Crippen molar-refractivity contribution in [3.05, 3.63) is 0 Å². The van der Waals surface area contributed by atoms with Crippen molar-refractivity contribution in [2.45, 2.75) is 136 Å². The summed E-state index contributed by atoms with van der Waals surface area (Å²) in [6.07, 6.45) is 10.3. The average Bonchev–Trinajstić information content (AvgIpc) is 2.75. The van der Waals surface area contributed by atoms with Gasteiger partial charge in [-0.3, -0.25) is 19.2 Å². The van der Waals surface area contributed by atoms with Crippen molar-refractivity contribution in [3.63, 3.8) is 0 Å². The van der Waals surface area contributed by atoms with E-state index in [1.807, 2.05) is 13.8 Å². The Hall–Kier alpha value is -0.123. The van der Waals surface area contributed by atoms with Crippen LogP contribution in [0.5, 0.6) is 0 Å². The Morgan fingerprint density at radius 2 is 0.824 bits per heavy atom. The molecular weight excluding hydrogens is 646 g/mol. The predicted molar refractivity (Wildman–Crippen MR) is 145 cm³/mol. The number of rotatable bonds is 18. The second-order valence-electron chi connectivity index (χ2n) is 7.93. The van der Waals surface area contributed by atoms with Gasteiger partial charge in [-0.15, -0.1) is 0 Å². The summed E-state index contributed by atoms with van der Waals surface area (Å²) in [6.45, 7) is 12.9. The molecule has 0 atom stereocenters. The second-order valence-corrected chi connectivity index (χ2v) is 16.5. The first-order valence-electron chi connectivity index (χ1n) is 13.0. The van der Waals surface area contributed by atoms with Crippen molar-refractivity contribution in [2.75, 3.05) is 0 Å². The van der Waals surface area contributed by atoms with Crippen LogP contribution in [0.15, 0.2) is 0 Å². The summed E-state index contributed by atoms with van der Waals surface area (Å²) in [6, 6.07) is 0. The molecule has 6 nitrogen and oxygen atoms in total. The minimum atomic E-state index is -1.03. The van der Waals surface area contributed by atoms with Crippen LogP contribution in [0.2, 0.25) is 17.7 Å². The van der Waals surface area contributed by atoms with Crippen LogP contribution in [0.4, 0.5) is 0 Å². The fraction of sp³-hybridized carbons (Fsp3) is 0.846. The predicted octanol–water partition coefficient (Wildman–Crippen LogP) is 7.14. The SMILES string of the molecule is CCCC(=O)CC(=O)O.CCCC(=O)CC(=O)O.CCC[CH2][Sn][CH2]CCC.CC[CH2][Sn][CH2]CC. The Morgan fingerprint density at radius 3 is 1.06 bits per heavy atom. The number of carbonyl (C=O) groups is 4. The van der Waals surface area contributed by atoms with E-state index in [1.54, 1.807) is 17.7 Å². The van der Waals surface area contributed by atoms with Gasteiger partial charge < -0.3 is 10.2 Å². The van der Waals surface area contributed by atoms with E-state index in [2.05, 4.69) is 27.7 Å². The zero-order chi connectivity index (χ0) is 27.0. The number of carboxylic acids is 2. The van der Waals surface area contributed by atoms with Gasteiger partial charge in [-0.25, -0.2) is 0 Å². The summed E-state index contributed by atoms with van der Waals surface area (Å²) in [4.78, 5) is 40.7. The molecule has 0 spiro atoms. The van der Waals surface area contributed by atoms with E-state index in [-0.39, 0.29) is 66.7 Å². The van der Waals surface area contributed by atoms with Crippen molar-refractivity contribution in [1.29, 1.82) is 0 Å². The molecule has 0 aromatic rings. The summed E-state index contributed by atoms with van der Waals surface area (Å²) in [5.41, 5.74) is 0. The summed E-state index contributed by atoms with van der Waals surface area (Å²) < 4.78 is 6.44. The molecule has 0 aromatic carbocycles. The third-order valence-electron chi connectivity index (χ3n) is 4.02. The monoisotopic (exact) mass is 700 g/mol. The summed E-state index contributed by atoms with van der Waals surface area (Å²) in [5, 5.41) is 16.2. The van der Waals surface area contributed by atoms with Crippen LogP contribution in [0.25, 0.3) is 0 Å². The Kier molecular flexibility index (Phi) is 45.2. The molecule has 0 saturated carbocycles. The molecule has 0 aliphatic rings. The van der Waals surface area contributed by atoms with Crippen LogP contribution in [0.1, 0.15) is 119 Å². The van der Waals surface area contributed by atoms with E-state index in [1.165, 1.54) is 38.5 Å². The molecule has 4 radical (unpaired) electrons. The first-order chi connectivity index (χ1) is 16.2. The minimum absolute atomic E-state index is 0.149. The Labute approximate surface area is 230 Å². The van der Waals surface area contributed by atoms with Gasteiger partial charge in [0.05, 0.1) is 0 Å². The molecule has 0 aromatic heterocycles.